The minimum Gasteiger partial charge on any atom is -0.352 e. The fourth-order valence-corrected chi connectivity index (χ4v) is 2.75. The fourth-order valence-electron chi connectivity index (χ4n) is 1.81. The van der Waals surface area contributed by atoms with Crippen LogP contribution in [0.2, 0.25) is 0 Å². The van der Waals surface area contributed by atoms with E-state index in [2.05, 4.69) is 11.4 Å². The van der Waals surface area contributed by atoms with Gasteiger partial charge in [-0.15, -0.1) is 11.3 Å². The Kier molecular flexibility index (Phi) is 2.40. The maximum Gasteiger partial charge on any atom is 0.252 e. The van der Waals surface area contributed by atoms with Crippen LogP contribution >= 0.6 is 11.3 Å². The molecule has 2 nitrogen and oxygen atoms in total. The second-order valence-corrected chi connectivity index (χ2v) is 5.21. The van der Waals surface area contributed by atoms with Crippen molar-refractivity contribution in [2.45, 2.75) is 12.8 Å². The Hall–Kier alpha value is -1.35. The van der Waals surface area contributed by atoms with Crippen molar-refractivity contribution >= 4 is 27.3 Å². The van der Waals surface area contributed by atoms with Crippen LogP contribution in [-0.4, -0.2) is 12.5 Å². The van der Waals surface area contributed by atoms with Crippen LogP contribution in [0.5, 0.6) is 0 Å². The van der Waals surface area contributed by atoms with Gasteiger partial charge in [0.1, 0.15) is 0 Å². The third kappa shape index (κ3) is 1.83. The molecule has 1 saturated carbocycles. The second kappa shape index (κ2) is 3.91. The van der Waals surface area contributed by atoms with Gasteiger partial charge in [0, 0.05) is 22.0 Å². The molecule has 1 aliphatic carbocycles. The molecule has 2 aromatic rings. The molecule has 1 N–H and O–H groups in total. The van der Waals surface area contributed by atoms with Gasteiger partial charge in [-0.25, -0.2) is 0 Å². The summed E-state index contributed by atoms with van der Waals surface area (Å²) in [5, 5.41) is 6.03. The van der Waals surface area contributed by atoms with Gasteiger partial charge in [-0.1, -0.05) is 18.2 Å². The molecule has 1 heterocycles. The van der Waals surface area contributed by atoms with Crippen LogP contribution in [0.15, 0.2) is 29.6 Å². The topological polar surface area (TPSA) is 29.1 Å². The molecular formula is C13H13NOS. The molecule has 3 heteroatoms. The fraction of sp³-hybridized carbons (Fsp3) is 0.308. The SMILES string of the molecule is O=C(NCC1CC1)c1csc2ccccc12. The molecule has 1 aliphatic rings. The van der Waals surface area contributed by atoms with Gasteiger partial charge < -0.3 is 5.32 Å². The lowest BCUT2D eigenvalue weighted by Crippen LogP contribution is -2.25. The number of nitrogens with one attached hydrogen (secondary N) is 1. The number of rotatable bonds is 3. The minimum atomic E-state index is 0.0735. The highest BCUT2D eigenvalue weighted by Gasteiger charge is 2.22. The first kappa shape index (κ1) is 9.85. The number of benzene rings is 1. The van der Waals surface area contributed by atoms with E-state index in [-0.39, 0.29) is 5.91 Å². The highest BCUT2D eigenvalue weighted by Crippen LogP contribution is 2.28. The Balaban J connectivity index is 1.83. The van der Waals surface area contributed by atoms with E-state index in [9.17, 15) is 4.79 Å². The molecule has 0 radical (unpaired) electrons. The van der Waals surface area contributed by atoms with Gasteiger partial charge >= 0.3 is 0 Å². The number of carbonyl (C=O) groups is 1. The molecule has 1 fully saturated rings. The third-order valence-corrected chi connectivity index (χ3v) is 3.94. The number of fused-ring (bicyclic) bond motifs is 1. The summed E-state index contributed by atoms with van der Waals surface area (Å²) < 4.78 is 1.18. The Morgan fingerprint density at radius 1 is 1.38 bits per heavy atom. The number of amides is 1. The monoisotopic (exact) mass is 231 g/mol. The van der Waals surface area contributed by atoms with Crippen molar-refractivity contribution in [1.82, 2.24) is 5.32 Å². The summed E-state index contributed by atoms with van der Waals surface area (Å²) in [4.78, 5) is 11.9. The van der Waals surface area contributed by atoms with Gasteiger partial charge in [0.05, 0.1) is 5.56 Å². The molecule has 0 aliphatic heterocycles. The molecule has 82 valence electrons. The van der Waals surface area contributed by atoms with Crippen molar-refractivity contribution in [3.63, 3.8) is 0 Å². The number of carbonyl (C=O) groups excluding carboxylic acids is 1. The summed E-state index contributed by atoms with van der Waals surface area (Å²) in [6.45, 7) is 0.836. The smallest absolute Gasteiger partial charge is 0.252 e. The van der Waals surface area contributed by atoms with Gasteiger partial charge in [-0.05, 0) is 24.8 Å². The van der Waals surface area contributed by atoms with Crippen LogP contribution < -0.4 is 5.32 Å². The highest BCUT2D eigenvalue weighted by atomic mass is 32.1. The van der Waals surface area contributed by atoms with E-state index in [0.717, 1.165) is 23.4 Å². The van der Waals surface area contributed by atoms with Crippen molar-refractivity contribution in [1.29, 1.82) is 0 Å². The van der Waals surface area contributed by atoms with Crippen LogP contribution in [0.25, 0.3) is 10.1 Å². The molecule has 0 unspecified atom stereocenters. The maximum atomic E-state index is 11.9. The second-order valence-electron chi connectivity index (χ2n) is 4.30. The molecule has 1 aromatic carbocycles. The van der Waals surface area contributed by atoms with Crippen molar-refractivity contribution in [3.8, 4) is 0 Å². The van der Waals surface area contributed by atoms with Gasteiger partial charge in [0.2, 0.25) is 0 Å². The Bertz CT molecular complexity index is 527. The highest BCUT2D eigenvalue weighted by molar-refractivity contribution is 7.17. The van der Waals surface area contributed by atoms with E-state index in [1.54, 1.807) is 11.3 Å². The van der Waals surface area contributed by atoms with Gasteiger partial charge in [0.15, 0.2) is 0 Å². The zero-order valence-electron chi connectivity index (χ0n) is 8.90. The lowest BCUT2D eigenvalue weighted by atomic mass is 10.1. The summed E-state index contributed by atoms with van der Waals surface area (Å²) in [6, 6.07) is 8.05. The van der Waals surface area contributed by atoms with Crippen LogP contribution in [-0.2, 0) is 0 Å². The molecule has 1 aromatic heterocycles. The van der Waals surface area contributed by atoms with E-state index in [0.29, 0.717) is 0 Å². The van der Waals surface area contributed by atoms with E-state index >= 15 is 0 Å². The molecule has 0 bridgehead atoms. The molecule has 0 spiro atoms. The molecule has 3 rings (SSSR count). The Morgan fingerprint density at radius 3 is 3.00 bits per heavy atom. The summed E-state index contributed by atoms with van der Waals surface area (Å²) in [5.74, 6) is 0.804. The number of thiophene rings is 1. The zero-order chi connectivity index (χ0) is 11.0. The zero-order valence-corrected chi connectivity index (χ0v) is 9.72. The van der Waals surface area contributed by atoms with Gasteiger partial charge in [-0.2, -0.15) is 0 Å². The summed E-state index contributed by atoms with van der Waals surface area (Å²) in [7, 11) is 0. The van der Waals surface area contributed by atoms with Gasteiger partial charge in [0.25, 0.3) is 5.91 Å². The summed E-state index contributed by atoms with van der Waals surface area (Å²) in [6.07, 6.45) is 2.54. The lowest BCUT2D eigenvalue weighted by Gasteiger charge is -2.02. The van der Waals surface area contributed by atoms with Crippen molar-refractivity contribution in [3.05, 3.63) is 35.2 Å². The first-order chi connectivity index (χ1) is 7.84. The number of hydrogen-bond acceptors (Lipinski definition) is 2. The average Bonchev–Trinajstić information content (AvgIpc) is 3.04. The van der Waals surface area contributed by atoms with Crippen molar-refractivity contribution in [2.75, 3.05) is 6.54 Å². The van der Waals surface area contributed by atoms with Crippen LogP contribution in [0, 0.1) is 5.92 Å². The van der Waals surface area contributed by atoms with E-state index in [1.165, 1.54) is 17.5 Å². The number of hydrogen-bond donors (Lipinski definition) is 1. The molecule has 16 heavy (non-hydrogen) atoms. The summed E-state index contributed by atoms with van der Waals surface area (Å²) >= 11 is 1.63. The van der Waals surface area contributed by atoms with Crippen LogP contribution in [0.1, 0.15) is 23.2 Å². The van der Waals surface area contributed by atoms with E-state index in [4.69, 9.17) is 0 Å². The predicted molar refractivity (Wildman–Crippen MR) is 66.9 cm³/mol. The van der Waals surface area contributed by atoms with E-state index in [1.807, 2.05) is 23.6 Å². The average molecular weight is 231 g/mol. The molecular weight excluding hydrogens is 218 g/mol. The Morgan fingerprint density at radius 2 is 2.19 bits per heavy atom. The predicted octanol–water partition coefficient (Wildman–Crippen LogP) is 3.04. The Labute approximate surface area is 98.3 Å². The molecule has 0 atom stereocenters. The van der Waals surface area contributed by atoms with Crippen LogP contribution in [0.4, 0.5) is 0 Å². The third-order valence-electron chi connectivity index (χ3n) is 2.97. The largest absolute Gasteiger partial charge is 0.352 e. The standard InChI is InChI=1S/C13H13NOS/c15-13(14-7-9-5-6-9)11-8-16-12-4-2-1-3-10(11)12/h1-4,8-9H,5-7H2,(H,14,15). The minimum absolute atomic E-state index is 0.0735. The molecule has 1 amide bonds. The van der Waals surface area contributed by atoms with E-state index < -0.39 is 0 Å². The maximum absolute atomic E-state index is 11.9. The first-order valence-electron chi connectivity index (χ1n) is 5.59. The van der Waals surface area contributed by atoms with Crippen LogP contribution in [0.3, 0.4) is 0 Å². The lowest BCUT2D eigenvalue weighted by molar-refractivity contribution is 0.0954. The van der Waals surface area contributed by atoms with Crippen molar-refractivity contribution < 1.29 is 4.79 Å². The van der Waals surface area contributed by atoms with Crippen molar-refractivity contribution in [2.24, 2.45) is 5.92 Å². The molecule has 0 saturated heterocycles. The first-order valence-corrected chi connectivity index (χ1v) is 6.47. The van der Waals surface area contributed by atoms with Gasteiger partial charge in [-0.3, -0.25) is 4.79 Å². The quantitative estimate of drug-likeness (QED) is 0.864. The normalized spacial score (nSPS) is 15.2. The summed E-state index contributed by atoms with van der Waals surface area (Å²) in [5.41, 5.74) is 0.821.